The molecule has 2 aromatic heterocycles. The van der Waals surface area contributed by atoms with Crippen LogP contribution >= 0.6 is 11.6 Å². The summed E-state index contributed by atoms with van der Waals surface area (Å²) < 4.78 is 0. The Balaban J connectivity index is 1.57. The Kier molecular flexibility index (Phi) is 4.14. The maximum Gasteiger partial charge on any atom is 0.252 e. The molecule has 7 heteroatoms. The molecule has 1 N–H and O–H groups in total. The fourth-order valence-corrected chi connectivity index (χ4v) is 3.83. The minimum absolute atomic E-state index is 0.0673. The lowest BCUT2D eigenvalue weighted by atomic mass is 10.1. The molecule has 1 atom stereocenters. The molecule has 0 aromatic carbocycles. The van der Waals surface area contributed by atoms with E-state index in [2.05, 4.69) is 19.8 Å². The van der Waals surface area contributed by atoms with Gasteiger partial charge in [-0.1, -0.05) is 11.6 Å². The molecule has 0 aliphatic carbocycles. The Morgan fingerprint density at radius 3 is 2.83 bits per heavy atom. The third-order valence-electron chi connectivity index (χ3n) is 4.85. The fourth-order valence-electron chi connectivity index (χ4n) is 3.60. The lowest BCUT2D eigenvalue weighted by molar-refractivity contribution is 0.729. The number of nitrogens with zero attached hydrogens (tertiary/aromatic N) is 4. The number of aromatic amines is 1. The number of anilines is 2. The highest BCUT2D eigenvalue weighted by molar-refractivity contribution is 6.33. The highest BCUT2D eigenvalue weighted by Crippen LogP contribution is 2.33. The van der Waals surface area contributed by atoms with Crippen LogP contribution in [0.1, 0.15) is 30.9 Å². The van der Waals surface area contributed by atoms with Crippen molar-refractivity contribution in [2.24, 2.45) is 0 Å². The van der Waals surface area contributed by atoms with E-state index in [1.54, 1.807) is 18.5 Å². The second kappa shape index (κ2) is 6.43. The lowest BCUT2D eigenvalue weighted by Crippen LogP contribution is -2.25. The van der Waals surface area contributed by atoms with E-state index in [1.165, 1.54) is 0 Å². The molecule has 2 aliphatic heterocycles. The quantitative estimate of drug-likeness (QED) is 0.925. The Hall–Kier alpha value is -2.08. The van der Waals surface area contributed by atoms with Crippen LogP contribution in [0.2, 0.25) is 5.02 Å². The molecule has 0 amide bonds. The summed E-state index contributed by atoms with van der Waals surface area (Å²) in [6.07, 6.45) is 6.71. The minimum Gasteiger partial charge on any atom is -0.370 e. The summed E-state index contributed by atoms with van der Waals surface area (Å²) in [4.78, 5) is 28.1. The van der Waals surface area contributed by atoms with Gasteiger partial charge in [-0.15, -0.1) is 0 Å². The maximum absolute atomic E-state index is 12.1. The molecule has 126 valence electrons. The summed E-state index contributed by atoms with van der Waals surface area (Å²) >= 11 is 6.25. The van der Waals surface area contributed by atoms with E-state index >= 15 is 0 Å². The molecule has 2 aromatic rings. The average molecular weight is 346 g/mol. The number of H-pyrrole nitrogens is 1. The van der Waals surface area contributed by atoms with Crippen molar-refractivity contribution in [2.75, 3.05) is 36.0 Å². The van der Waals surface area contributed by atoms with E-state index in [4.69, 9.17) is 16.6 Å². The second-order valence-electron chi connectivity index (χ2n) is 6.45. The molecule has 0 spiro atoms. The van der Waals surface area contributed by atoms with Gasteiger partial charge < -0.3 is 9.80 Å². The molecule has 4 heterocycles. The van der Waals surface area contributed by atoms with Crippen molar-refractivity contribution >= 4 is 23.2 Å². The van der Waals surface area contributed by atoms with Crippen LogP contribution in [-0.4, -0.2) is 41.1 Å². The van der Waals surface area contributed by atoms with Crippen LogP contribution in [0.25, 0.3) is 0 Å². The SMILES string of the molecule is O=c1cc(C2CCN(c3ccncc3Cl)C2)nc(N2CCCC2)[nH]1. The average Bonchev–Trinajstić information content (AvgIpc) is 3.27. The van der Waals surface area contributed by atoms with Crippen molar-refractivity contribution in [1.29, 1.82) is 0 Å². The number of nitrogens with one attached hydrogen (secondary N) is 1. The van der Waals surface area contributed by atoms with Crippen LogP contribution in [0.5, 0.6) is 0 Å². The van der Waals surface area contributed by atoms with Crippen molar-refractivity contribution in [3.63, 3.8) is 0 Å². The van der Waals surface area contributed by atoms with Crippen molar-refractivity contribution in [3.8, 4) is 0 Å². The Labute approximate surface area is 145 Å². The molecule has 0 radical (unpaired) electrons. The zero-order valence-corrected chi connectivity index (χ0v) is 14.2. The molecule has 0 bridgehead atoms. The van der Waals surface area contributed by atoms with E-state index in [0.717, 1.165) is 62.8 Å². The first-order valence-corrected chi connectivity index (χ1v) is 8.79. The minimum atomic E-state index is -0.0673. The molecule has 1 unspecified atom stereocenters. The van der Waals surface area contributed by atoms with E-state index in [0.29, 0.717) is 5.02 Å². The number of hydrogen-bond donors (Lipinski definition) is 1. The number of aromatic nitrogens is 3. The van der Waals surface area contributed by atoms with Crippen molar-refractivity contribution < 1.29 is 0 Å². The predicted molar refractivity (Wildman–Crippen MR) is 95.1 cm³/mol. The summed E-state index contributed by atoms with van der Waals surface area (Å²) in [7, 11) is 0. The van der Waals surface area contributed by atoms with Gasteiger partial charge in [-0.25, -0.2) is 4.98 Å². The topological polar surface area (TPSA) is 65.1 Å². The molecule has 2 saturated heterocycles. The lowest BCUT2D eigenvalue weighted by Gasteiger charge is -2.20. The van der Waals surface area contributed by atoms with Crippen LogP contribution in [0, 0.1) is 0 Å². The van der Waals surface area contributed by atoms with Gasteiger partial charge in [-0.2, -0.15) is 0 Å². The predicted octanol–water partition coefficient (Wildman–Crippen LogP) is 2.41. The first-order valence-electron chi connectivity index (χ1n) is 8.41. The van der Waals surface area contributed by atoms with Crippen LogP contribution < -0.4 is 15.4 Å². The van der Waals surface area contributed by atoms with E-state index < -0.39 is 0 Å². The third kappa shape index (κ3) is 2.98. The van der Waals surface area contributed by atoms with Gasteiger partial charge in [-0.05, 0) is 25.3 Å². The largest absolute Gasteiger partial charge is 0.370 e. The standard InChI is InChI=1S/C17H20ClN5O/c18-13-10-19-5-3-15(13)23-8-4-12(11-23)14-9-16(24)21-17(20-14)22-6-1-2-7-22/h3,5,9-10,12H,1-2,4,6-8,11H2,(H,20,21,24). The van der Waals surface area contributed by atoms with E-state index in [1.807, 2.05) is 6.07 Å². The highest BCUT2D eigenvalue weighted by Gasteiger charge is 2.27. The van der Waals surface area contributed by atoms with E-state index in [-0.39, 0.29) is 11.5 Å². The van der Waals surface area contributed by atoms with Crippen LogP contribution in [0.3, 0.4) is 0 Å². The normalized spacial score (nSPS) is 20.8. The van der Waals surface area contributed by atoms with Crippen LogP contribution in [0.4, 0.5) is 11.6 Å². The number of halogens is 1. The summed E-state index contributed by atoms with van der Waals surface area (Å²) in [6, 6.07) is 3.58. The monoisotopic (exact) mass is 345 g/mol. The third-order valence-corrected chi connectivity index (χ3v) is 5.14. The van der Waals surface area contributed by atoms with Crippen LogP contribution in [-0.2, 0) is 0 Å². The highest BCUT2D eigenvalue weighted by atomic mass is 35.5. The van der Waals surface area contributed by atoms with Crippen molar-refractivity contribution in [2.45, 2.75) is 25.2 Å². The van der Waals surface area contributed by atoms with Gasteiger partial charge in [0.15, 0.2) is 0 Å². The molecule has 2 aliphatic rings. The summed E-state index contributed by atoms with van der Waals surface area (Å²) in [6.45, 7) is 3.66. The second-order valence-corrected chi connectivity index (χ2v) is 6.85. The number of hydrogen-bond acceptors (Lipinski definition) is 5. The van der Waals surface area contributed by atoms with Gasteiger partial charge >= 0.3 is 0 Å². The van der Waals surface area contributed by atoms with Crippen molar-refractivity contribution in [3.05, 3.63) is 45.6 Å². The molecular formula is C17H20ClN5O. The summed E-state index contributed by atoms with van der Waals surface area (Å²) in [5, 5.41) is 0.662. The van der Waals surface area contributed by atoms with E-state index in [9.17, 15) is 4.79 Å². The van der Waals surface area contributed by atoms with Gasteiger partial charge in [0.25, 0.3) is 5.56 Å². The van der Waals surface area contributed by atoms with Gasteiger partial charge in [0, 0.05) is 50.6 Å². The first kappa shape index (κ1) is 15.4. The first-order chi connectivity index (χ1) is 11.7. The summed E-state index contributed by atoms with van der Waals surface area (Å²) in [5.74, 6) is 0.966. The molecule has 24 heavy (non-hydrogen) atoms. The Morgan fingerprint density at radius 2 is 2.04 bits per heavy atom. The zero-order valence-electron chi connectivity index (χ0n) is 13.4. The maximum atomic E-state index is 12.1. The molecule has 0 saturated carbocycles. The smallest absolute Gasteiger partial charge is 0.252 e. The molecule has 2 fully saturated rings. The molecule has 4 rings (SSSR count). The Bertz CT molecular complexity index is 787. The van der Waals surface area contributed by atoms with Gasteiger partial charge in [-0.3, -0.25) is 14.8 Å². The molecular weight excluding hydrogens is 326 g/mol. The Morgan fingerprint density at radius 1 is 1.21 bits per heavy atom. The molecule has 6 nitrogen and oxygen atoms in total. The summed E-state index contributed by atoms with van der Waals surface area (Å²) in [5.41, 5.74) is 1.81. The number of pyridine rings is 1. The van der Waals surface area contributed by atoms with Gasteiger partial charge in [0.05, 0.1) is 16.4 Å². The van der Waals surface area contributed by atoms with Gasteiger partial charge in [0.1, 0.15) is 0 Å². The van der Waals surface area contributed by atoms with Crippen molar-refractivity contribution in [1.82, 2.24) is 15.0 Å². The zero-order chi connectivity index (χ0) is 16.5. The van der Waals surface area contributed by atoms with Gasteiger partial charge in [0.2, 0.25) is 5.95 Å². The number of rotatable bonds is 3. The van der Waals surface area contributed by atoms with Crippen LogP contribution in [0.15, 0.2) is 29.3 Å². The fraction of sp³-hybridized carbons (Fsp3) is 0.471.